The van der Waals surface area contributed by atoms with E-state index in [0.717, 1.165) is 28.9 Å². The number of amides is 3. The molecular weight excluding hydrogens is 485 g/mol. The molecule has 1 aromatic carbocycles. The molecule has 2 aromatic rings. The zero-order valence-corrected chi connectivity index (χ0v) is 24.8. The van der Waals surface area contributed by atoms with Crippen LogP contribution in [-0.2, 0) is 23.2 Å². The van der Waals surface area contributed by atoms with Crippen LogP contribution in [0.1, 0.15) is 96.9 Å². The summed E-state index contributed by atoms with van der Waals surface area (Å²) in [5.74, 6) is 0.816. The van der Waals surface area contributed by atoms with Crippen molar-refractivity contribution in [2.75, 3.05) is 13.7 Å². The Morgan fingerprint density at radius 3 is 2.18 bits per heavy atom. The van der Waals surface area contributed by atoms with Crippen molar-refractivity contribution >= 4 is 23.7 Å². The third kappa shape index (κ3) is 8.04. The standard InChI is InChI=1S/C14H19N3O3.C12H15FO.2C2H6/c1-4-10-9(8-15-6-3)7-11(20-10)14(5-2)12(18)16-13(19)17-14;1-5-9-6-7-10(14-4)12(13)11(9)8(2)3;2*1-2/h7-8H,4-6H2,1-3H3,(H2,16,17,18,19);6-7H,2,5H2,1,3-4H3;2*1-2H3. The van der Waals surface area contributed by atoms with E-state index in [9.17, 15) is 14.0 Å². The van der Waals surface area contributed by atoms with Gasteiger partial charge in [0.1, 0.15) is 11.5 Å². The van der Waals surface area contributed by atoms with Crippen LogP contribution in [0.5, 0.6) is 5.75 Å². The zero-order valence-electron chi connectivity index (χ0n) is 24.8. The number of urea groups is 1. The first-order chi connectivity index (χ1) is 18.2. The highest BCUT2D eigenvalue weighted by atomic mass is 19.1. The second kappa shape index (κ2) is 17.2. The fourth-order valence-electron chi connectivity index (χ4n) is 3.83. The number of furan rings is 1. The van der Waals surface area contributed by atoms with E-state index in [4.69, 9.17) is 9.15 Å². The fourth-order valence-corrected chi connectivity index (χ4v) is 3.83. The van der Waals surface area contributed by atoms with Crippen LogP contribution >= 0.6 is 0 Å². The van der Waals surface area contributed by atoms with Crippen molar-refractivity contribution in [1.82, 2.24) is 10.6 Å². The van der Waals surface area contributed by atoms with Gasteiger partial charge in [-0.2, -0.15) is 0 Å². The first-order valence-corrected chi connectivity index (χ1v) is 13.5. The molecule has 7 nitrogen and oxygen atoms in total. The molecule has 0 aliphatic carbocycles. The lowest BCUT2D eigenvalue weighted by molar-refractivity contribution is -0.125. The van der Waals surface area contributed by atoms with Gasteiger partial charge in [-0.05, 0) is 50.0 Å². The van der Waals surface area contributed by atoms with E-state index in [2.05, 4.69) is 22.2 Å². The van der Waals surface area contributed by atoms with Crippen molar-refractivity contribution in [3.63, 3.8) is 0 Å². The molecule has 0 bridgehead atoms. The monoisotopic (exact) mass is 531 g/mol. The number of rotatable bonds is 8. The predicted molar refractivity (Wildman–Crippen MR) is 155 cm³/mol. The van der Waals surface area contributed by atoms with Crippen molar-refractivity contribution in [3.05, 3.63) is 58.8 Å². The van der Waals surface area contributed by atoms with Crippen molar-refractivity contribution in [3.8, 4) is 5.75 Å². The molecule has 2 heterocycles. The summed E-state index contributed by atoms with van der Waals surface area (Å²) in [6.07, 6.45) is 3.65. The number of imide groups is 1. The van der Waals surface area contributed by atoms with Crippen LogP contribution in [0, 0.1) is 5.82 Å². The predicted octanol–water partition coefficient (Wildman–Crippen LogP) is 7.21. The molecule has 3 rings (SSSR count). The van der Waals surface area contributed by atoms with Gasteiger partial charge in [-0.15, -0.1) is 0 Å². The van der Waals surface area contributed by atoms with E-state index in [1.54, 1.807) is 25.3 Å². The minimum Gasteiger partial charge on any atom is -0.494 e. The first-order valence-electron chi connectivity index (χ1n) is 13.5. The molecule has 212 valence electrons. The summed E-state index contributed by atoms with van der Waals surface area (Å²) in [4.78, 5) is 27.7. The van der Waals surface area contributed by atoms with Gasteiger partial charge in [0.2, 0.25) is 0 Å². The molecule has 1 aliphatic heterocycles. The van der Waals surface area contributed by atoms with Crippen LogP contribution in [0.25, 0.3) is 5.57 Å². The normalized spacial score (nSPS) is 15.8. The Labute approximate surface area is 228 Å². The lowest BCUT2D eigenvalue weighted by atomic mass is 9.93. The molecule has 1 unspecified atom stereocenters. The second-order valence-corrected chi connectivity index (χ2v) is 7.89. The largest absolute Gasteiger partial charge is 0.494 e. The molecular formula is C30H46FN3O4. The van der Waals surface area contributed by atoms with Crippen LogP contribution in [0.4, 0.5) is 9.18 Å². The minimum absolute atomic E-state index is 0.278. The average molecular weight is 532 g/mol. The maximum Gasteiger partial charge on any atom is 0.322 e. The van der Waals surface area contributed by atoms with E-state index < -0.39 is 11.6 Å². The highest BCUT2D eigenvalue weighted by molar-refractivity contribution is 6.07. The number of allylic oxidation sites excluding steroid dienone is 1. The molecule has 1 aromatic heterocycles. The minimum atomic E-state index is -1.11. The highest BCUT2D eigenvalue weighted by Crippen LogP contribution is 2.32. The number of nitrogens with one attached hydrogen (secondary N) is 2. The van der Waals surface area contributed by atoms with Gasteiger partial charge in [0.25, 0.3) is 5.91 Å². The van der Waals surface area contributed by atoms with Gasteiger partial charge in [0.05, 0.1) is 7.11 Å². The third-order valence-corrected chi connectivity index (χ3v) is 5.69. The van der Waals surface area contributed by atoms with Crippen molar-refractivity contribution < 1.29 is 23.1 Å². The third-order valence-electron chi connectivity index (χ3n) is 5.69. The van der Waals surface area contributed by atoms with Crippen molar-refractivity contribution in [2.24, 2.45) is 4.99 Å². The topological polar surface area (TPSA) is 92.9 Å². The van der Waals surface area contributed by atoms with Crippen LogP contribution in [0.15, 0.2) is 34.2 Å². The Morgan fingerprint density at radius 1 is 1.13 bits per heavy atom. The van der Waals surface area contributed by atoms with Crippen LogP contribution < -0.4 is 15.4 Å². The second-order valence-electron chi connectivity index (χ2n) is 7.89. The molecule has 0 spiro atoms. The number of carbonyl (C=O) groups is 2. The highest BCUT2D eigenvalue weighted by Gasteiger charge is 2.49. The Kier molecular flexibility index (Phi) is 15.6. The van der Waals surface area contributed by atoms with Crippen LogP contribution in [0.2, 0.25) is 0 Å². The van der Waals surface area contributed by atoms with E-state index in [1.807, 2.05) is 61.5 Å². The summed E-state index contributed by atoms with van der Waals surface area (Å²) in [7, 11) is 1.46. The summed E-state index contributed by atoms with van der Waals surface area (Å²) in [6, 6.07) is 4.83. The molecule has 0 radical (unpaired) electrons. The number of halogens is 1. The molecule has 3 amide bonds. The van der Waals surface area contributed by atoms with Gasteiger partial charge in [-0.3, -0.25) is 15.1 Å². The van der Waals surface area contributed by atoms with Gasteiger partial charge >= 0.3 is 6.03 Å². The lowest BCUT2D eigenvalue weighted by Crippen LogP contribution is -2.42. The zero-order chi connectivity index (χ0) is 29.5. The summed E-state index contributed by atoms with van der Waals surface area (Å²) in [5, 5.41) is 4.93. The number of aryl methyl sites for hydroxylation is 2. The van der Waals surface area contributed by atoms with Gasteiger partial charge in [-0.1, -0.05) is 61.1 Å². The smallest absolute Gasteiger partial charge is 0.322 e. The Morgan fingerprint density at radius 2 is 1.76 bits per heavy atom. The number of hydrogen-bond acceptors (Lipinski definition) is 5. The van der Waals surface area contributed by atoms with E-state index >= 15 is 0 Å². The van der Waals surface area contributed by atoms with Crippen LogP contribution in [0.3, 0.4) is 0 Å². The number of ether oxygens (including phenoxy) is 1. The quantitative estimate of drug-likeness (QED) is 0.278. The Bertz CT molecular complexity index is 1090. The van der Waals surface area contributed by atoms with Crippen molar-refractivity contribution in [1.29, 1.82) is 0 Å². The molecule has 1 atom stereocenters. The molecule has 1 aliphatic rings. The maximum absolute atomic E-state index is 13.8. The first kappa shape index (κ1) is 34.6. The van der Waals surface area contributed by atoms with E-state index in [0.29, 0.717) is 30.7 Å². The fraction of sp³-hybridized carbons (Fsp3) is 0.500. The van der Waals surface area contributed by atoms with Gasteiger partial charge in [0.15, 0.2) is 17.1 Å². The number of aliphatic imine (C=N–C) groups is 1. The average Bonchev–Trinajstić information content (AvgIpc) is 3.49. The van der Waals surface area contributed by atoms with E-state index in [1.165, 1.54) is 7.11 Å². The number of nitrogens with zero attached hydrogens (tertiary/aromatic N) is 1. The van der Waals surface area contributed by atoms with Gasteiger partial charge in [-0.25, -0.2) is 9.18 Å². The lowest BCUT2D eigenvalue weighted by Gasteiger charge is -2.21. The molecule has 0 saturated carbocycles. The van der Waals surface area contributed by atoms with Gasteiger partial charge in [0, 0.05) is 30.3 Å². The van der Waals surface area contributed by atoms with E-state index in [-0.39, 0.29) is 17.5 Å². The molecule has 1 fully saturated rings. The molecule has 2 N–H and O–H groups in total. The summed E-state index contributed by atoms with van der Waals surface area (Å²) >= 11 is 0. The summed E-state index contributed by atoms with van der Waals surface area (Å²) in [5.41, 5.74) is 2.03. The summed E-state index contributed by atoms with van der Waals surface area (Å²) in [6.45, 7) is 22.0. The Balaban J connectivity index is 0.000000668. The number of benzene rings is 1. The van der Waals surface area contributed by atoms with Gasteiger partial charge < -0.3 is 14.5 Å². The molecule has 8 heteroatoms. The molecule has 1 saturated heterocycles. The SMILES string of the molecule is C=C(C)c1c(CC)ccc(OC)c1F.CC.CC.CCN=Cc1cc(C2(CC)NC(=O)NC2=O)oc1CC. The van der Waals surface area contributed by atoms with Crippen LogP contribution in [-0.4, -0.2) is 31.8 Å². The number of carbonyl (C=O) groups excluding carboxylic acids is 2. The summed E-state index contributed by atoms with van der Waals surface area (Å²) < 4.78 is 24.5. The molecule has 38 heavy (non-hydrogen) atoms. The number of hydrogen-bond donors (Lipinski definition) is 2. The maximum atomic E-state index is 13.8. The Hall–Kier alpha value is -3.42. The van der Waals surface area contributed by atoms with Crippen molar-refractivity contribution in [2.45, 2.75) is 87.1 Å². The number of methoxy groups -OCH3 is 1.